The van der Waals surface area contributed by atoms with Crippen molar-refractivity contribution in [3.05, 3.63) is 35.9 Å². The summed E-state index contributed by atoms with van der Waals surface area (Å²) in [4.78, 5) is 0. The van der Waals surface area contributed by atoms with Crippen molar-refractivity contribution < 1.29 is 5.11 Å². The number of nitrogens with one attached hydrogen (secondary N) is 1. The van der Waals surface area contributed by atoms with E-state index < -0.39 is 0 Å². The minimum absolute atomic E-state index is 0.190. The normalized spacial score (nSPS) is 14.9. The van der Waals surface area contributed by atoms with Crippen LogP contribution in [0.2, 0.25) is 0 Å². The van der Waals surface area contributed by atoms with E-state index in [4.69, 9.17) is 0 Å². The SMILES string of the molecule is CCCNCC(O)C(C)c1ccccc1. The van der Waals surface area contributed by atoms with E-state index in [1.54, 1.807) is 0 Å². The van der Waals surface area contributed by atoms with Crippen molar-refractivity contribution in [3.63, 3.8) is 0 Å². The Kier molecular flexibility index (Phi) is 5.37. The lowest BCUT2D eigenvalue weighted by Crippen LogP contribution is -2.31. The van der Waals surface area contributed by atoms with Gasteiger partial charge in [0.25, 0.3) is 0 Å². The van der Waals surface area contributed by atoms with E-state index in [1.807, 2.05) is 18.2 Å². The zero-order chi connectivity index (χ0) is 11.1. The summed E-state index contributed by atoms with van der Waals surface area (Å²) in [6.07, 6.45) is 0.797. The molecule has 84 valence electrons. The molecule has 0 amide bonds. The topological polar surface area (TPSA) is 32.3 Å². The fraction of sp³-hybridized carbons (Fsp3) is 0.538. The second kappa shape index (κ2) is 6.59. The molecule has 0 spiro atoms. The molecule has 0 aliphatic rings. The zero-order valence-electron chi connectivity index (χ0n) is 9.61. The highest BCUT2D eigenvalue weighted by Gasteiger charge is 2.14. The summed E-state index contributed by atoms with van der Waals surface area (Å²) in [5.41, 5.74) is 1.20. The first-order valence-corrected chi connectivity index (χ1v) is 5.69. The van der Waals surface area contributed by atoms with Gasteiger partial charge in [0.1, 0.15) is 0 Å². The predicted octanol–water partition coefficient (Wildman–Crippen LogP) is 2.15. The number of rotatable bonds is 6. The standard InChI is InChI=1S/C13H21NO/c1-3-9-14-10-13(15)11(2)12-7-5-4-6-8-12/h4-8,11,13-15H,3,9-10H2,1-2H3. The van der Waals surface area contributed by atoms with Crippen molar-refractivity contribution in [1.29, 1.82) is 0 Å². The van der Waals surface area contributed by atoms with E-state index in [9.17, 15) is 5.11 Å². The Morgan fingerprint density at radius 3 is 2.53 bits per heavy atom. The van der Waals surface area contributed by atoms with Gasteiger partial charge in [-0.05, 0) is 18.5 Å². The van der Waals surface area contributed by atoms with Crippen LogP contribution in [0.15, 0.2) is 30.3 Å². The molecule has 0 radical (unpaired) electrons. The van der Waals surface area contributed by atoms with E-state index in [0.29, 0.717) is 6.54 Å². The van der Waals surface area contributed by atoms with Crippen LogP contribution in [-0.4, -0.2) is 24.3 Å². The molecule has 2 nitrogen and oxygen atoms in total. The summed E-state index contributed by atoms with van der Waals surface area (Å²) in [5, 5.41) is 13.2. The second-order valence-electron chi connectivity index (χ2n) is 3.97. The average Bonchev–Trinajstić information content (AvgIpc) is 2.29. The number of hydrogen-bond acceptors (Lipinski definition) is 2. The van der Waals surface area contributed by atoms with Crippen LogP contribution >= 0.6 is 0 Å². The lowest BCUT2D eigenvalue weighted by Gasteiger charge is -2.19. The summed E-state index contributed by atoms with van der Waals surface area (Å²) < 4.78 is 0. The van der Waals surface area contributed by atoms with Crippen molar-refractivity contribution in [2.75, 3.05) is 13.1 Å². The lowest BCUT2D eigenvalue weighted by molar-refractivity contribution is 0.147. The lowest BCUT2D eigenvalue weighted by atomic mass is 9.95. The highest BCUT2D eigenvalue weighted by Crippen LogP contribution is 2.18. The minimum Gasteiger partial charge on any atom is -0.391 e. The van der Waals surface area contributed by atoms with Gasteiger partial charge in [0, 0.05) is 12.5 Å². The summed E-state index contributed by atoms with van der Waals surface area (Å²) in [7, 11) is 0. The molecule has 0 aromatic heterocycles. The molecule has 0 saturated carbocycles. The third-order valence-electron chi connectivity index (χ3n) is 2.68. The molecule has 2 unspecified atom stereocenters. The van der Waals surface area contributed by atoms with Crippen molar-refractivity contribution in [2.45, 2.75) is 32.3 Å². The van der Waals surface area contributed by atoms with E-state index in [0.717, 1.165) is 13.0 Å². The van der Waals surface area contributed by atoms with E-state index >= 15 is 0 Å². The van der Waals surface area contributed by atoms with Gasteiger partial charge in [-0.2, -0.15) is 0 Å². The molecule has 1 rings (SSSR count). The Bertz CT molecular complexity index is 260. The van der Waals surface area contributed by atoms with Gasteiger partial charge in [-0.15, -0.1) is 0 Å². The Morgan fingerprint density at radius 1 is 1.27 bits per heavy atom. The van der Waals surface area contributed by atoms with Gasteiger partial charge in [0.05, 0.1) is 6.10 Å². The molecule has 0 heterocycles. The first-order valence-electron chi connectivity index (χ1n) is 5.69. The molecule has 0 aliphatic heterocycles. The molecule has 1 aromatic carbocycles. The molecule has 2 heteroatoms. The first-order chi connectivity index (χ1) is 7.25. The van der Waals surface area contributed by atoms with E-state index in [1.165, 1.54) is 5.56 Å². The zero-order valence-corrected chi connectivity index (χ0v) is 9.61. The van der Waals surface area contributed by atoms with E-state index in [-0.39, 0.29) is 12.0 Å². The third kappa shape index (κ3) is 4.02. The van der Waals surface area contributed by atoms with Crippen molar-refractivity contribution in [3.8, 4) is 0 Å². The Balaban J connectivity index is 2.42. The minimum atomic E-state index is -0.307. The van der Waals surface area contributed by atoms with Crippen LogP contribution in [0.25, 0.3) is 0 Å². The van der Waals surface area contributed by atoms with Crippen LogP contribution in [0.4, 0.5) is 0 Å². The van der Waals surface area contributed by atoms with Gasteiger partial charge < -0.3 is 10.4 Å². The van der Waals surface area contributed by atoms with Gasteiger partial charge >= 0.3 is 0 Å². The van der Waals surface area contributed by atoms with Crippen molar-refractivity contribution >= 4 is 0 Å². The van der Waals surface area contributed by atoms with Crippen LogP contribution in [0.3, 0.4) is 0 Å². The predicted molar refractivity (Wildman–Crippen MR) is 64.0 cm³/mol. The Hall–Kier alpha value is -0.860. The van der Waals surface area contributed by atoms with E-state index in [2.05, 4.69) is 31.3 Å². The maximum Gasteiger partial charge on any atom is 0.0730 e. The van der Waals surface area contributed by atoms with Crippen molar-refractivity contribution in [1.82, 2.24) is 5.32 Å². The average molecular weight is 207 g/mol. The summed E-state index contributed by atoms with van der Waals surface area (Å²) in [5.74, 6) is 0.190. The fourth-order valence-corrected chi connectivity index (χ4v) is 1.58. The van der Waals surface area contributed by atoms with Crippen LogP contribution in [0.1, 0.15) is 31.7 Å². The van der Waals surface area contributed by atoms with Crippen LogP contribution in [0, 0.1) is 0 Å². The number of aliphatic hydroxyl groups excluding tert-OH is 1. The second-order valence-corrected chi connectivity index (χ2v) is 3.97. The third-order valence-corrected chi connectivity index (χ3v) is 2.68. The molecule has 0 bridgehead atoms. The molecule has 0 saturated heterocycles. The monoisotopic (exact) mass is 207 g/mol. The van der Waals surface area contributed by atoms with Crippen LogP contribution < -0.4 is 5.32 Å². The Morgan fingerprint density at radius 2 is 1.93 bits per heavy atom. The summed E-state index contributed by atoms with van der Waals surface area (Å²) >= 11 is 0. The number of aliphatic hydroxyl groups is 1. The maximum absolute atomic E-state index is 9.94. The van der Waals surface area contributed by atoms with Gasteiger partial charge in [0.15, 0.2) is 0 Å². The molecule has 2 N–H and O–H groups in total. The highest BCUT2D eigenvalue weighted by atomic mass is 16.3. The quantitative estimate of drug-likeness (QED) is 0.701. The molecule has 2 atom stereocenters. The van der Waals surface area contributed by atoms with Gasteiger partial charge in [-0.1, -0.05) is 44.2 Å². The fourth-order valence-electron chi connectivity index (χ4n) is 1.58. The number of hydrogen-bond donors (Lipinski definition) is 2. The van der Waals surface area contributed by atoms with Gasteiger partial charge in [-0.25, -0.2) is 0 Å². The van der Waals surface area contributed by atoms with Crippen LogP contribution in [-0.2, 0) is 0 Å². The highest BCUT2D eigenvalue weighted by molar-refractivity contribution is 5.19. The maximum atomic E-state index is 9.94. The molecular formula is C13H21NO. The smallest absolute Gasteiger partial charge is 0.0730 e. The van der Waals surface area contributed by atoms with Gasteiger partial charge in [-0.3, -0.25) is 0 Å². The largest absolute Gasteiger partial charge is 0.391 e. The van der Waals surface area contributed by atoms with Crippen LogP contribution in [0.5, 0.6) is 0 Å². The molecular weight excluding hydrogens is 186 g/mol. The molecule has 1 aromatic rings. The molecule has 0 fully saturated rings. The first kappa shape index (κ1) is 12.2. The summed E-state index contributed by atoms with van der Waals surface area (Å²) in [6, 6.07) is 10.1. The molecule has 0 aliphatic carbocycles. The van der Waals surface area contributed by atoms with Crippen molar-refractivity contribution in [2.24, 2.45) is 0 Å². The Labute approximate surface area is 92.3 Å². The molecule has 15 heavy (non-hydrogen) atoms. The summed E-state index contributed by atoms with van der Waals surface area (Å²) in [6.45, 7) is 5.83. The van der Waals surface area contributed by atoms with Gasteiger partial charge in [0.2, 0.25) is 0 Å². The number of benzene rings is 1.